The molecule has 0 spiro atoms. The van der Waals surface area contributed by atoms with Gasteiger partial charge in [0, 0.05) is 18.1 Å². The molecule has 3 unspecified atom stereocenters. The molecule has 3 atom stereocenters. The number of halogens is 3. The second-order valence-corrected chi connectivity index (χ2v) is 7.63. The molecule has 142 valence electrons. The number of carbonyl (C=O) groups is 1. The summed E-state index contributed by atoms with van der Waals surface area (Å²) in [5.74, 6) is 0.942. The van der Waals surface area contributed by atoms with Crippen LogP contribution in [-0.2, 0) is 6.18 Å². The number of carbonyl (C=O) groups excluding carboxylic acids is 1. The number of hydrogen-bond donors (Lipinski definition) is 1. The van der Waals surface area contributed by atoms with Crippen molar-refractivity contribution in [2.75, 3.05) is 5.32 Å². The number of fused-ring (bicyclic) bond motifs is 5. The molecule has 1 N–H and O–H groups in total. The van der Waals surface area contributed by atoms with Crippen LogP contribution in [0, 0.1) is 11.8 Å². The zero-order chi connectivity index (χ0) is 19.3. The Bertz CT molecular complexity index is 894. The van der Waals surface area contributed by atoms with E-state index >= 15 is 0 Å². The van der Waals surface area contributed by atoms with Crippen LogP contribution in [0.5, 0.6) is 0 Å². The van der Waals surface area contributed by atoms with Gasteiger partial charge in [-0.15, -0.1) is 0 Å². The minimum atomic E-state index is -4.73. The summed E-state index contributed by atoms with van der Waals surface area (Å²) < 4.78 is 39.4. The Balaban J connectivity index is 1.69. The molecule has 1 fully saturated rings. The zero-order valence-electron chi connectivity index (χ0n) is 15.0. The van der Waals surface area contributed by atoms with Crippen LogP contribution in [0.3, 0.4) is 0 Å². The van der Waals surface area contributed by atoms with Crippen molar-refractivity contribution < 1.29 is 18.0 Å². The SMILES string of the molecule is CC(C)C1C2CCC1c1c(NC(=O)c3nccnc3C(F)(F)F)cccc12. The Hall–Kier alpha value is -2.44. The summed E-state index contributed by atoms with van der Waals surface area (Å²) in [7, 11) is 0. The van der Waals surface area contributed by atoms with E-state index in [1.165, 1.54) is 5.56 Å². The van der Waals surface area contributed by atoms with Gasteiger partial charge in [0.05, 0.1) is 0 Å². The smallest absolute Gasteiger partial charge is 0.320 e. The van der Waals surface area contributed by atoms with Gasteiger partial charge in [0.15, 0.2) is 11.4 Å². The average Bonchev–Trinajstić information content (AvgIpc) is 3.18. The molecule has 2 bridgehead atoms. The molecule has 2 aliphatic carbocycles. The lowest BCUT2D eigenvalue weighted by Crippen LogP contribution is -2.22. The molecule has 1 amide bonds. The first-order valence-electron chi connectivity index (χ1n) is 9.11. The highest BCUT2D eigenvalue weighted by Crippen LogP contribution is 2.61. The number of hydrogen-bond acceptors (Lipinski definition) is 3. The zero-order valence-corrected chi connectivity index (χ0v) is 15.0. The second-order valence-electron chi connectivity index (χ2n) is 7.63. The number of nitrogens with one attached hydrogen (secondary N) is 1. The van der Waals surface area contributed by atoms with Gasteiger partial charge in [-0.1, -0.05) is 26.0 Å². The van der Waals surface area contributed by atoms with Gasteiger partial charge in [-0.05, 0) is 53.7 Å². The summed E-state index contributed by atoms with van der Waals surface area (Å²) in [6.07, 6.45) is -0.531. The molecule has 4 rings (SSSR count). The van der Waals surface area contributed by atoms with Crippen molar-refractivity contribution >= 4 is 11.6 Å². The van der Waals surface area contributed by atoms with Crippen molar-refractivity contribution in [3.63, 3.8) is 0 Å². The van der Waals surface area contributed by atoms with Crippen molar-refractivity contribution in [3.8, 4) is 0 Å². The summed E-state index contributed by atoms with van der Waals surface area (Å²) in [6.45, 7) is 4.41. The quantitative estimate of drug-likeness (QED) is 0.822. The molecule has 27 heavy (non-hydrogen) atoms. The van der Waals surface area contributed by atoms with Gasteiger partial charge in [0.1, 0.15) is 0 Å². The van der Waals surface area contributed by atoms with E-state index in [1.54, 1.807) is 6.07 Å². The van der Waals surface area contributed by atoms with Crippen molar-refractivity contribution in [3.05, 3.63) is 53.1 Å². The highest BCUT2D eigenvalue weighted by Gasteiger charge is 2.48. The van der Waals surface area contributed by atoms with Gasteiger partial charge in [-0.3, -0.25) is 4.79 Å². The van der Waals surface area contributed by atoms with Gasteiger partial charge < -0.3 is 5.32 Å². The Kier molecular flexibility index (Phi) is 4.20. The molecule has 1 aromatic heterocycles. The van der Waals surface area contributed by atoms with E-state index in [0.29, 0.717) is 29.4 Å². The van der Waals surface area contributed by atoms with E-state index in [1.807, 2.05) is 6.07 Å². The van der Waals surface area contributed by atoms with Crippen LogP contribution in [0.15, 0.2) is 30.6 Å². The Morgan fingerprint density at radius 1 is 1.15 bits per heavy atom. The first-order chi connectivity index (χ1) is 12.8. The molecule has 2 aromatic rings. The monoisotopic (exact) mass is 375 g/mol. The molecular weight excluding hydrogens is 355 g/mol. The number of rotatable bonds is 3. The predicted molar refractivity (Wildman–Crippen MR) is 94.5 cm³/mol. The fourth-order valence-electron chi connectivity index (χ4n) is 4.98. The van der Waals surface area contributed by atoms with Crippen LogP contribution in [0.25, 0.3) is 0 Å². The predicted octanol–water partition coefficient (Wildman–Crippen LogP) is 4.99. The summed E-state index contributed by atoms with van der Waals surface area (Å²) in [5.41, 5.74) is 0.924. The molecule has 1 heterocycles. The summed E-state index contributed by atoms with van der Waals surface area (Å²) in [4.78, 5) is 19.5. The maximum absolute atomic E-state index is 13.1. The lowest BCUT2D eigenvalue weighted by atomic mass is 9.85. The maximum Gasteiger partial charge on any atom is 0.435 e. The number of benzene rings is 1. The Labute approximate surface area is 155 Å². The molecule has 4 nitrogen and oxygen atoms in total. The van der Waals surface area contributed by atoms with E-state index in [9.17, 15) is 18.0 Å². The van der Waals surface area contributed by atoms with Gasteiger partial charge in [-0.25, -0.2) is 9.97 Å². The standard InChI is InChI=1S/C20H20F3N3O/c1-10(2)15-12-6-7-13(15)16-11(12)4-3-5-14(16)26-19(27)17-18(20(21,22)23)25-9-8-24-17/h3-5,8-10,12-13,15H,6-7H2,1-2H3,(H,26,27). The Morgan fingerprint density at radius 3 is 2.56 bits per heavy atom. The lowest BCUT2D eigenvalue weighted by Gasteiger charge is -2.21. The van der Waals surface area contributed by atoms with Crippen LogP contribution in [-0.4, -0.2) is 15.9 Å². The van der Waals surface area contributed by atoms with E-state index < -0.39 is 23.5 Å². The van der Waals surface area contributed by atoms with Crippen LogP contribution >= 0.6 is 0 Å². The molecule has 1 aromatic carbocycles. The number of aromatic nitrogens is 2. The van der Waals surface area contributed by atoms with Crippen molar-refractivity contribution in [1.29, 1.82) is 0 Å². The summed E-state index contributed by atoms with van der Waals surface area (Å²) in [6, 6.07) is 5.69. The summed E-state index contributed by atoms with van der Waals surface area (Å²) in [5, 5.41) is 2.67. The van der Waals surface area contributed by atoms with Crippen LogP contribution < -0.4 is 5.32 Å². The third-order valence-electron chi connectivity index (χ3n) is 5.83. The normalized spacial score (nSPS) is 23.6. The fourth-order valence-corrected chi connectivity index (χ4v) is 4.98. The van der Waals surface area contributed by atoms with E-state index in [-0.39, 0.29) is 0 Å². The third kappa shape index (κ3) is 2.89. The second kappa shape index (κ2) is 6.32. The molecule has 1 saturated carbocycles. The molecule has 0 saturated heterocycles. The van der Waals surface area contributed by atoms with E-state index in [2.05, 4.69) is 35.2 Å². The van der Waals surface area contributed by atoms with Gasteiger partial charge in [-0.2, -0.15) is 13.2 Å². The lowest BCUT2D eigenvalue weighted by molar-refractivity contribution is -0.141. The number of nitrogens with zero attached hydrogens (tertiary/aromatic N) is 2. The fraction of sp³-hybridized carbons (Fsp3) is 0.450. The van der Waals surface area contributed by atoms with Gasteiger partial charge in [0.2, 0.25) is 0 Å². The first-order valence-corrected chi connectivity index (χ1v) is 9.11. The summed E-state index contributed by atoms with van der Waals surface area (Å²) >= 11 is 0. The molecular formula is C20H20F3N3O. The van der Waals surface area contributed by atoms with E-state index in [0.717, 1.165) is 30.8 Å². The molecule has 7 heteroatoms. The molecule has 0 aliphatic heterocycles. The largest absolute Gasteiger partial charge is 0.435 e. The maximum atomic E-state index is 13.1. The average molecular weight is 375 g/mol. The van der Waals surface area contributed by atoms with Crippen LogP contribution in [0.1, 0.15) is 65.8 Å². The van der Waals surface area contributed by atoms with Gasteiger partial charge in [0.25, 0.3) is 5.91 Å². The number of amides is 1. The van der Waals surface area contributed by atoms with Crippen molar-refractivity contribution in [2.24, 2.45) is 11.8 Å². The third-order valence-corrected chi connectivity index (χ3v) is 5.83. The van der Waals surface area contributed by atoms with E-state index in [4.69, 9.17) is 0 Å². The van der Waals surface area contributed by atoms with Crippen LogP contribution in [0.2, 0.25) is 0 Å². The van der Waals surface area contributed by atoms with Crippen molar-refractivity contribution in [1.82, 2.24) is 9.97 Å². The minimum absolute atomic E-state index is 0.338. The molecule has 0 radical (unpaired) electrons. The van der Waals surface area contributed by atoms with Crippen LogP contribution in [0.4, 0.5) is 18.9 Å². The van der Waals surface area contributed by atoms with Gasteiger partial charge >= 0.3 is 6.18 Å². The highest BCUT2D eigenvalue weighted by atomic mass is 19.4. The van der Waals surface area contributed by atoms with Crippen molar-refractivity contribution in [2.45, 2.75) is 44.7 Å². The Morgan fingerprint density at radius 2 is 1.85 bits per heavy atom. The number of anilines is 1. The minimum Gasteiger partial charge on any atom is -0.320 e. The topological polar surface area (TPSA) is 54.9 Å². The highest BCUT2D eigenvalue weighted by molar-refractivity contribution is 6.04. The first kappa shape index (κ1) is 17.9. The molecule has 2 aliphatic rings. The number of alkyl halides is 3.